The highest BCUT2D eigenvalue weighted by Gasteiger charge is 2.24. The van der Waals surface area contributed by atoms with Gasteiger partial charge in [0.15, 0.2) is 5.11 Å². The summed E-state index contributed by atoms with van der Waals surface area (Å²) < 4.78 is 5.11. The zero-order chi connectivity index (χ0) is 20.0. The number of nitrogens with two attached hydrogens (primary N) is 1. The maximum Gasteiger partial charge on any atom is 0.341 e. The number of benzene rings is 1. The van der Waals surface area contributed by atoms with Crippen molar-refractivity contribution < 1.29 is 14.3 Å². The molecule has 142 valence electrons. The summed E-state index contributed by atoms with van der Waals surface area (Å²) in [5, 5.41) is 7.17. The van der Waals surface area contributed by atoms with Crippen molar-refractivity contribution in [1.82, 2.24) is 5.43 Å². The summed E-state index contributed by atoms with van der Waals surface area (Å²) in [6.45, 7) is 3.68. The molecule has 1 amide bonds. The van der Waals surface area contributed by atoms with Gasteiger partial charge in [-0.2, -0.15) is 5.10 Å². The van der Waals surface area contributed by atoms with E-state index in [0.29, 0.717) is 26.0 Å². The average molecular weight is 425 g/mol. The molecule has 2 rings (SSSR count). The first-order valence-electron chi connectivity index (χ1n) is 7.79. The topological polar surface area (TPSA) is 106 Å². The number of thiophene rings is 1. The lowest BCUT2D eigenvalue weighted by atomic mass is 10.1. The first-order chi connectivity index (χ1) is 12.8. The number of halogens is 1. The summed E-state index contributed by atoms with van der Waals surface area (Å²) in [6, 6.07) is 6.39. The summed E-state index contributed by atoms with van der Waals surface area (Å²) in [5.41, 5.74) is 8.76. The van der Waals surface area contributed by atoms with Crippen molar-refractivity contribution in [1.29, 1.82) is 0 Å². The smallest absolute Gasteiger partial charge is 0.341 e. The Labute approximate surface area is 170 Å². The second-order valence-corrected chi connectivity index (χ2v) is 7.32. The molecule has 0 radical (unpaired) electrons. The second kappa shape index (κ2) is 9.45. The fourth-order valence-corrected chi connectivity index (χ4v) is 3.33. The Hall–Kier alpha value is -2.49. The lowest BCUT2D eigenvalue weighted by Crippen LogP contribution is -2.24. The Balaban J connectivity index is 2.41. The summed E-state index contributed by atoms with van der Waals surface area (Å²) in [6.07, 6.45) is 1.43. The van der Waals surface area contributed by atoms with Gasteiger partial charge in [-0.15, -0.1) is 11.3 Å². The van der Waals surface area contributed by atoms with Crippen LogP contribution in [-0.4, -0.2) is 29.8 Å². The molecule has 0 aliphatic rings. The summed E-state index contributed by atoms with van der Waals surface area (Å²) in [4.78, 5) is 26.2. The Morgan fingerprint density at radius 3 is 2.63 bits per heavy atom. The molecule has 0 aliphatic carbocycles. The molecule has 0 fully saturated rings. The predicted molar refractivity (Wildman–Crippen MR) is 112 cm³/mol. The molecule has 10 heteroatoms. The third kappa shape index (κ3) is 5.49. The number of hydrogen-bond acceptors (Lipinski definition) is 6. The van der Waals surface area contributed by atoms with Crippen LogP contribution in [0.3, 0.4) is 0 Å². The van der Waals surface area contributed by atoms with Gasteiger partial charge in [0.25, 0.3) is 5.91 Å². The standard InChI is InChI=1S/C17H17ClN4O3S2/c1-3-25-16(24)13-9(2)27-12(8-20-22-17(19)26)14(13)21-15(23)10-4-6-11(18)7-5-10/h4-8H,3H2,1-2H3,(H,21,23)(H3,19,22,26)/b20-8-. The molecule has 0 bridgehead atoms. The maximum absolute atomic E-state index is 12.6. The molecule has 0 spiro atoms. The number of nitrogens with zero attached hydrogens (tertiary/aromatic N) is 1. The molecule has 1 heterocycles. The van der Waals surface area contributed by atoms with Crippen molar-refractivity contribution in [2.45, 2.75) is 13.8 Å². The normalized spacial score (nSPS) is 10.6. The second-order valence-electron chi connectivity index (χ2n) is 5.19. The van der Waals surface area contributed by atoms with Crippen LogP contribution in [0, 0.1) is 6.92 Å². The van der Waals surface area contributed by atoms with Gasteiger partial charge in [-0.1, -0.05) is 11.6 Å². The number of esters is 1. The minimum atomic E-state index is -0.528. The fraction of sp³-hybridized carbons (Fsp3) is 0.176. The number of aryl methyl sites for hydroxylation is 1. The zero-order valence-electron chi connectivity index (χ0n) is 14.5. The number of carbonyl (C=O) groups is 2. The molecular weight excluding hydrogens is 408 g/mol. The van der Waals surface area contributed by atoms with Crippen molar-refractivity contribution in [2.24, 2.45) is 10.8 Å². The van der Waals surface area contributed by atoms with Gasteiger partial charge in [-0.3, -0.25) is 10.2 Å². The lowest BCUT2D eigenvalue weighted by molar-refractivity contribution is 0.0527. The molecule has 0 unspecified atom stereocenters. The molecule has 2 aromatic rings. The predicted octanol–water partition coefficient (Wildman–Crippen LogP) is 3.31. The van der Waals surface area contributed by atoms with E-state index in [1.54, 1.807) is 38.1 Å². The van der Waals surface area contributed by atoms with E-state index in [2.05, 4.69) is 15.8 Å². The van der Waals surface area contributed by atoms with Crippen LogP contribution in [0.2, 0.25) is 5.02 Å². The van der Waals surface area contributed by atoms with E-state index in [1.165, 1.54) is 17.6 Å². The molecular formula is C17H17ClN4O3S2. The fourth-order valence-electron chi connectivity index (χ4n) is 2.17. The minimum absolute atomic E-state index is 0.00288. The molecule has 27 heavy (non-hydrogen) atoms. The first-order valence-corrected chi connectivity index (χ1v) is 9.39. The maximum atomic E-state index is 12.6. The highest BCUT2D eigenvalue weighted by Crippen LogP contribution is 2.33. The monoisotopic (exact) mass is 424 g/mol. The van der Waals surface area contributed by atoms with Crippen molar-refractivity contribution in [3.8, 4) is 0 Å². The summed E-state index contributed by atoms with van der Waals surface area (Å²) >= 11 is 11.8. The number of thiocarbonyl (C=S) groups is 1. The third-order valence-electron chi connectivity index (χ3n) is 3.29. The number of hydrazone groups is 1. The van der Waals surface area contributed by atoms with Gasteiger partial charge >= 0.3 is 5.97 Å². The van der Waals surface area contributed by atoms with Crippen LogP contribution in [0.4, 0.5) is 5.69 Å². The van der Waals surface area contributed by atoms with Crippen LogP contribution >= 0.6 is 35.2 Å². The van der Waals surface area contributed by atoms with Gasteiger partial charge < -0.3 is 15.8 Å². The van der Waals surface area contributed by atoms with Gasteiger partial charge in [-0.05, 0) is 50.3 Å². The molecule has 1 aromatic carbocycles. The van der Waals surface area contributed by atoms with E-state index in [9.17, 15) is 9.59 Å². The quantitative estimate of drug-likeness (QED) is 0.284. The number of nitrogens with one attached hydrogen (secondary N) is 2. The average Bonchev–Trinajstić information content (AvgIpc) is 2.90. The number of ether oxygens (including phenoxy) is 1. The van der Waals surface area contributed by atoms with E-state index in [4.69, 9.17) is 34.3 Å². The molecule has 0 saturated carbocycles. The largest absolute Gasteiger partial charge is 0.462 e. The minimum Gasteiger partial charge on any atom is -0.462 e. The van der Waals surface area contributed by atoms with Crippen LogP contribution < -0.4 is 16.5 Å². The molecule has 0 saturated heterocycles. The van der Waals surface area contributed by atoms with Gasteiger partial charge in [-0.25, -0.2) is 4.79 Å². The Morgan fingerprint density at radius 1 is 1.37 bits per heavy atom. The Bertz CT molecular complexity index is 894. The van der Waals surface area contributed by atoms with Gasteiger partial charge in [0.1, 0.15) is 0 Å². The third-order valence-corrected chi connectivity index (χ3v) is 4.68. The highest BCUT2D eigenvalue weighted by molar-refractivity contribution is 7.80. The number of carbonyl (C=O) groups excluding carboxylic acids is 2. The molecule has 0 aliphatic heterocycles. The number of rotatable bonds is 6. The van der Waals surface area contributed by atoms with E-state index >= 15 is 0 Å². The number of amides is 1. The zero-order valence-corrected chi connectivity index (χ0v) is 16.9. The van der Waals surface area contributed by atoms with Crippen molar-refractivity contribution in [3.63, 3.8) is 0 Å². The van der Waals surface area contributed by atoms with Crippen LogP contribution in [-0.2, 0) is 4.74 Å². The molecule has 4 N–H and O–H groups in total. The van der Waals surface area contributed by atoms with Crippen molar-refractivity contribution in [2.75, 3.05) is 11.9 Å². The van der Waals surface area contributed by atoms with E-state index in [1.807, 2.05) is 0 Å². The molecule has 1 aromatic heterocycles. The van der Waals surface area contributed by atoms with Crippen LogP contribution in [0.15, 0.2) is 29.4 Å². The summed E-state index contributed by atoms with van der Waals surface area (Å²) in [5.74, 6) is -0.924. The van der Waals surface area contributed by atoms with Crippen LogP contribution in [0.5, 0.6) is 0 Å². The summed E-state index contributed by atoms with van der Waals surface area (Å²) in [7, 11) is 0. The van der Waals surface area contributed by atoms with Gasteiger partial charge in [0, 0.05) is 15.5 Å². The van der Waals surface area contributed by atoms with E-state index < -0.39 is 11.9 Å². The highest BCUT2D eigenvalue weighted by atomic mass is 35.5. The Morgan fingerprint density at radius 2 is 2.04 bits per heavy atom. The van der Waals surface area contributed by atoms with E-state index in [-0.39, 0.29) is 17.3 Å². The molecule has 0 atom stereocenters. The SMILES string of the molecule is CCOC(=O)c1c(C)sc(/C=N\NC(N)=S)c1NC(=O)c1ccc(Cl)cc1. The number of anilines is 1. The van der Waals surface area contributed by atoms with Crippen LogP contribution in [0.1, 0.15) is 37.4 Å². The number of hydrogen-bond donors (Lipinski definition) is 3. The van der Waals surface area contributed by atoms with Crippen LogP contribution in [0.25, 0.3) is 0 Å². The van der Waals surface area contributed by atoms with Gasteiger partial charge in [0.2, 0.25) is 0 Å². The Kier molecular flexibility index (Phi) is 7.28. The first kappa shape index (κ1) is 20.8. The van der Waals surface area contributed by atoms with Crippen molar-refractivity contribution in [3.05, 3.63) is 50.2 Å². The molecule has 7 nitrogen and oxygen atoms in total. The van der Waals surface area contributed by atoms with Gasteiger partial charge in [0.05, 0.1) is 28.9 Å². The van der Waals surface area contributed by atoms with E-state index in [0.717, 1.165) is 0 Å². The van der Waals surface area contributed by atoms with Crippen molar-refractivity contribution >= 4 is 64.0 Å². The lowest BCUT2D eigenvalue weighted by Gasteiger charge is -2.09.